The minimum Gasteiger partial charge on any atom is -0.207 e. The van der Waals surface area contributed by atoms with Crippen molar-refractivity contribution >= 4 is 0 Å². The molecule has 3 rings (SSSR count). The molecule has 2 aliphatic rings. The maximum atomic E-state index is 14.2. The van der Waals surface area contributed by atoms with E-state index in [2.05, 4.69) is 0 Å². The van der Waals surface area contributed by atoms with Crippen LogP contribution in [0, 0.1) is 36.3 Å². The first-order valence-corrected chi connectivity index (χ1v) is 9.59. The lowest BCUT2D eigenvalue weighted by molar-refractivity contribution is -0.0616. The molecule has 0 aliphatic heterocycles. The highest BCUT2D eigenvalue weighted by atomic mass is 19.3. The second-order valence-corrected chi connectivity index (χ2v) is 8.28. The quantitative estimate of drug-likeness (QED) is 0.511. The van der Waals surface area contributed by atoms with Gasteiger partial charge >= 0.3 is 0 Å². The van der Waals surface area contributed by atoms with Gasteiger partial charge in [-0.25, -0.2) is 17.6 Å². The molecule has 2 saturated carbocycles. The fourth-order valence-electron chi connectivity index (χ4n) is 4.98. The third kappa shape index (κ3) is 4.03. The summed E-state index contributed by atoms with van der Waals surface area (Å²) >= 11 is 0. The summed E-state index contributed by atoms with van der Waals surface area (Å²) in [6.07, 6.45) is 6.74. The molecule has 4 heteroatoms. The average Bonchev–Trinajstić information content (AvgIpc) is 2.59. The van der Waals surface area contributed by atoms with E-state index in [1.54, 1.807) is 19.1 Å². The van der Waals surface area contributed by atoms with E-state index in [4.69, 9.17) is 0 Å². The Morgan fingerprint density at radius 2 is 1.32 bits per heavy atom. The molecular formula is C21H28F4. The topological polar surface area (TPSA) is 0 Å². The summed E-state index contributed by atoms with van der Waals surface area (Å²) < 4.78 is 54.9. The van der Waals surface area contributed by atoms with E-state index in [0.717, 1.165) is 45.4 Å². The Morgan fingerprint density at radius 1 is 0.800 bits per heavy atom. The molecule has 140 valence electrons. The molecule has 0 unspecified atom stereocenters. The minimum absolute atomic E-state index is 0.0858. The number of benzene rings is 1. The van der Waals surface area contributed by atoms with Crippen LogP contribution in [0.1, 0.15) is 75.3 Å². The van der Waals surface area contributed by atoms with Crippen LogP contribution in [-0.4, -0.2) is 5.92 Å². The lowest BCUT2D eigenvalue weighted by Crippen LogP contribution is -2.32. The SMILES string of the molecule is Cc1ccc(C2CCC(C3CCC(C(C)(F)F)CC3)CC2)c(F)c1F. The lowest BCUT2D eigenvalue weighted by atomic mass is 9.67. The van der Waals surface area contributed by atoms with E-state index in [0.29, 0.717) is 35.8 Å². The molecular weight excluding hydrogens is 328 g/mol. The summed E-state index contributed by atoms with van der Waals surface area (Å²) in [6, 6.07) is 3.39. The summed E-state index contributed by atoms with van der Waals surface area (Å²) in [6.45, 7) is 2.62. The highest BCUT2D eigenvalue weighted by Gasteiger charge is 2.39. The van der Waals surface area contributed by atoms with Gasteiger partial charge in [0.05, 0.1) is 0 Å². The van der Waals surface area contributed by atoms with Gasteiger partial charge in [-0.05, 0) is 94.1 Å². The largest absolute Gasteiger partial charge is 0.248 e. The number of aryl methyl sites for hydroxylation is 1. The average molecular weight is 356 g/mol. The van der Waals surface area contributed by atoms with E-state index < -0.39 is 23.5 Å². The van der Waals surface area contributed by atoms with Crippen molar-refractivity contribution in [2.45, 2.75) is 77.1 Å². The predicted octanol–water partition coefficient (Wildman–Crippen LogP) is 7.01. The lowest BCUT2D eigenvalue weighted by Gasteiger charge is -2.39. The summed E-state index contributed by atoms with van der Waals surface area (Å²) in [7, 11) is 0. The third-order valence-corrected chi connectivity index (χ3v) is 6.67. The van der Waals surface area contributed by atoms with Crippen LogP contribution in [0.25, 0.3) is 0 Å². The Bertz CT molecular complexity index is 589. The van der Waals surface area contributed by atoms with Crippen molar-refractivity contribution in [2.24, 2.45) is 17.8 Å². The van der Waals surface area contributed by atoms with Crippen molar-refractivity contribution in [1.82, 2.24) is 0 Å². The highest BCUT2D eigenvalue weighted by molar-refractivity contribution is 5.28. The summed E-state index contributed by atoms with van der Waals surface area (Å²) in [5.41, 5.74) is 0.857. The maximum Gasteiger partial charge on any atom is 0.248 e. The molecule has 0 saturated heterocycles. The first-order chi connectivity index (χ1) is 11.8. The minimum atomic E-state index is -2.56. The molecule has 0 nitrogen and oxygen atoms in total. The molecule has 0 radical (unpaired) electrons. The van der Waals surface area contributed by atoms with Crippen LogP contribution >= 0.6 is 0 Å². The Kier molecular flexibility index (Phi) is 5.45. The van der Waals surface area contributed by atoms with E-state index >= 15 is 0 Å². The third-order valence-electron chi connectivity index (χ3n) is 6.67. The van der Waals surface area contributed by atoms with Crippen LogP contribution < -0.4 is 0 Å². The zero-order chi connectivity index (χ0) is 18.2. The molecule has 2 aliphatic carbocycles. The second kappa shape index (κ2) is 7.28. The van der Waals surface area contributed by atoms with E-state index in [9.17, 15) is 17.6 Å². The Hall–Kier alpha value is -1.06. The predicted molar refractivity (Wildman–Crippen MR) is 91.9 cm³/mol. The summed E-state index contributed by atoms with van der Waals surface area (Å²) in [4.78, 5) is 0. The van der Waals surface area contributed by atoms with E-state index in [-0.39, 0.29) is 5.92 Å². The molecule has 1 aromatic carbocycles. The van der Waals surface area contributed by atoms with Gasteiger partial charge in [0.1, 0.15) is 0 Å². The molecule has 0 atom stereocenters. The molecule has 0 amide bonds. The Morgan fingerprint density at radius 3 is 1.84 bits per heavy atom. The fourth-order valence-corrected chi connectivity index (χ4v) is 4.98. The van der Waals surface area contributed by atoms with Crippen molar-refractivity contribution in [1.29, 1.82) is 0 Å². The summed E-state index contributed by atoms with van der Waals surface area (Å²) in [5.74, 6) is -3.27. The van der Waals surface area contributed by atoms with Crippen molar-refractivity contribution in [3.05, 3.63) is 34.9 Å². The van der Waals surface area contributed by atoms with Crippen molar-refractivity contribution < 1.29 is 17.6 Å². The maximum absolute atomic E-state index is 14.2. The van der Waals surface area contributed by atoms with Crippen LogP contribution in [0.5, 0.6) is 0 Å². The molecule has 1 aromatic rings. The van der Waals surface area contributed by atoms with Gasteiger partial charge in [0.25, 0.3) is 0 Å². The van der Waals surface area contributed by atoms with Crippen molar-refractivity contribution in [2.75, 3.05) is 0 Å². The zero-order valence-electron chi connectivity index (χ0n) is 15.1. The molecule has 0 bridgehead atoms. The number of alkyl halides is 2. The van der Waals surface area contributed by atoms with Crippen molar-refractivity contribution in [3.63, 3.8) is 0 Å². The zero-order valence-corrected chi connectivity index (χ0v) is 15.1. The standard InChI is InChI=1S/C21H28F4/c1-13-3-12-18(20(23)19(13)22)16-6-4-14(5-7-16)15-8-10-17(11-9-15)21(2,24)25/h3,12,14-17H,4-11H2,1-2H3. The smallest absolute Gasteiger partial charge is 0.207 e. The number of hydrogen-bond donors (Lipinski definition) is 0. The number of hydrogen-bond acceptors (Lipinski definition) is 0. The summed E-state index contributed by atoms with van der Waals surface area (Å²) in [5, 5.41) is 0. The van der Waals surface area contributed by atoms with Gasteiger partial charge in [0.15, 0.2) is 11.6 Å². The van der Waals surface area contributed by atoms with Gasteiger partial charge in [-0.15, -0.1) is 0 Å². The van der Waals surface area contributed by atoms with Gasteiger partial charge in [-0.1, -0.05) is 12.1 Å². The van der Waals surface area contributed by atoms with Crippen LogP contribution in [0.3, 0.4) is 0 Å². The van der Waals surface area contributed by atoms with Crippen molar-refractivity contribution in [3.8, 4) is 0 Å². The monoisotopic (exact) mass is 356 g/mol. The van der Waals surface area contributed by atoms with E-state index in [1.165, 1.54) is 0 Å². The van der Waals surface area contributed by atoms with Gasteiger partial charge in [-0.2, -0.15) is 0 Å². The normalized spacial score (nSPS) is 31.1. The van der Waals surface area contributed by atoms with Crippen LogP contribution in [-0.2, 0) is 0 Å². The van der Waals surface area contributed by atoms with Crippen LogP contribution in [0.4, 0.5) is 17.6 Å². The molecule has 0 aromatic heterocycles. The Labute approximate surface area is 148 Å². The number of rotatable bonds is 3. The second-order valence-electron chi connectivity index (χ2n) is 8.28. The van der Waals surface area contributed by atoms with Crippen LogP contribution in [0.2, 0.25) is 0 Å². The van der Waals surface area contributed by atoms with Crippen LogP contribution in [0.15, 0.2) is 12.1 Å². The highest BCUT2D eigenvalue weighted by Crippen LogP contribution is 2.46. The van der Waals surface area contributed by atoms with Gasteiger partial charge in [-0.3, -0.25) is 0 Å². The van der Waals surface area contributed by atoms with E-state index in [1.807, 2.05) is 0 Å². The number of halogens is 4. The van der Waals surface area contributed by atoms with Gasteiger partial charge in [0, 0.05) is 5.92 Å². The Balaban J connectivity index is 1.56. The molecule has 25 heavy (non-hydrogen) atoms. The fraction of sp³-hybridized carbons (Fsp3) is 0.714. The first kappa shape index (κ1) is 18.7. The van der Waals surface area contributed by atoms with Gasteiger partial charge in [0.2, 0.25) is 5.92 Å². The van der Waals surface area contributed by atoms with Gasteiger partial charge < -0.3 is 0 Å². The molecule has 0 heterocycles. The first-order valence-electron chi connectivity index (χ1n) is 9.59. The molecule has 0 spiro atoms. The molecule has 2 fully saturated rings. The molecule has 0 N–H and O–H groups in total.